The number of halogens is 1. The van der Waals surface area contributed by atoms with Gasteiger partial charge in [-0.05, 0) is 19.3 Å². The number of unbranched alkanes of at least 4 members (excludes halogenated alkanes) is 16. The largest absolute Gasteiger partial charge is 2.00 e. The van der Waals surface area contributed by atoms with Crippen LogP contribution in [-0.2, 0) is 9.47 Å². The first-order chi connectivity index (χ1) is 13.8. The maximum atomic E-state index is 6.06. The van der Waals surface area contributed by atoms with Crippen molar-refractivity contribution in [2.75, 3.05) is 13.2 Å². The van der Waals surface area contributed by atoms with E-state index in [0.717, 1.165) is 26.1 Å². The Labute approximate surface area is 213 Å². The van der Waals surface area contributed by atoms with Crippen molar-refractivity contribution in [3.63, 3.8) is 0 Å². The molecule has 0 unspecified atom stereocenters. The zero-order valence-corrected chi connectivity index (χ0v) is 22.9. The smallest absolute Gasteiger partial charge is 1.00 e. The first kappa shape index (κ1) is 35.6. The summed E-state index contributed by atoms with van der Waals surface area (Å²) < 4.78 is 12.1. The first-order valence-corrected chi connectivity index (χ1v) is 12.9. The fourth-order valence-electron chi connectivity index (χ4n) is 3.60. The van der Waals surface area contributed by atoms with Gasteiger partial charge in [0.1, 0.15) is 0 Å². The Bertz CT molecular complexity index is 258. The number of hydrogen-bond donors (Lipinski definition) is 0. The molecule has 0 aliphatic carbocycles. The van der Waals surface area contributed by atoms with Gasteiger partial charge in [0.05, 0.1) is 0 Å². The minimum atomic E-state index is 0. The molecule has 0 amide bonds. The second kappa shape index (κ2) is 32.2. The minimum Gasteiger partial charge on any atom is -1.00 e. The third kappa shape index (κ3) is 29.0. The van der Waals surface area contributed by atoms with Gasteiger partial charge >= 0.3 is 23.1 Å². The van der Waals surface area contributed by atoms with E-state index < -0.39 is 0 Å². The number of hydrogen-bond acceptors (Lipinski definition) is 2. The van der Waals surface area contributed by atoms with Crippen LogP contribution in [0.25, 0.3) is 0 Å². The zero-order valence-electron chi connectivity index (χ0n) is 20.7. The van der Waals surface area contributed by atoms with Crippen LogP contribution in [0.1, 0.15) is 142 Å². The van der Waals surface area contributed by atoms with Crippen LogP contribution in [0.15, 0.2) is 0 Å². The van der Waals surface area contributed by atoms with Crippen molar-refractivity contribution >= 4 is 23.1 Å². The number of ether oxygens (including phenoxy) is 2. The molecule has 0 N–H and O–H groups in total. The van der Waals surface area contributed by atoms with Crippen molar-refractivity contribution in [3.8, 4) is 0 Å². The minimum absolute atomic E-state index is 0. The van der Waals surface area contributed by atoms with Crippen molar-refractivity contribution in [2.45, 2.75) is 149 Å². The van der Waals surface area contributed by atoms with Crippen LogP contribution in [-0.4, -0.2) is 42.6 Å². The molecule has 0 aromatic rings. The monoisotopic (exact) mass is 456 g/mol. The van der Waals surface area contributed by atoms with E-state index in [1.54, 1.807) is 0 Å². The molecular weight excluding hydrogens is 404 g/mol. The van der Waals surface area contributed by atoms with Crippen LogP contribution in [0.3, 0.4) is 0 Å². The van der Waals surface area contributed by atoms with Gasteiger partial charge in [0.2, 0.25) is 0 Å². The molecular formula is C26H53ClMgO2. The van der Waals surface area contributed by atoms with Crippen LogP contribution in [0.2, 0.25) is 0 Å². The molecule has 0 saturated carbocycles. The summed E-state index contributed by atoms with van der Waals surface area (Å²) in [6, 6.07) is 0. The van der Waals surface area contributed by atoms with Gasteiger partial charge in [-0.25, -0.2) is 0 Å². The van der Waals surface area contributed by atoms with E-state index in [-0.39, 0.29) is 41.7 Å². The summed E-state index contributed by atoms with van der Waals surface area (Å²) >= 11 is 0. The third-order valence-corrected chi connectivity index (χ3v) is 5.54. The third-order valence-electron chi connectivity index (χ3n) is 5.54. The van der Waals surface area contributed by atoms with Crippen molar-refractivity contribution in [1.29, 1.82) is 0 Å². The predicted octanol–water partition coefficient (Wildman–Crippen LogP) is 5.64. The van der Waals surface area contributed by atoms with Crippen LogP contribution in [0.5, 0.6) is 0 Å². The summed E-state index contributed by atoms with van der Waals surface area (Å²) in [5, 5.41) is 0. The molecule has 0 aliphatic rings. The Hall–Kier alpha value is 0.976. The molecule has 2 nitrogen and oxygen atoms in total. The molecule has 0 heterocycles. The van der Waals surface area contributed by atoms with Gasteiger partial charge in [-0.2, -0.15) is 6.42 Å². The van der Waals surface area contributed by atoms with Crippen LogP contribution >= 0.6 is 0 Å². The Morgan fingerprint density at radius 3 is 1.27 bits per heavy atom. The summed E-state index contributed by atoms with van der Waals surface area (Å²) in [5.74, 6) is 0. The van der Waals surface area contributed by atoms with Crippen molar-refractivity contribution in [2.24, 2.45) is 0 Å². The van der Waals surface area contributed by atoms with E-state index in [2.05, 4.69) is 20.8 Å². The summed E-state index contributed by atoms with van der Waals surface area (Å²) in [5.41, 5.74) is 0. The molecule has 0 aromatic heterocycles. The van der Waals surface area contributed by atoms with Crippen molar-refractivity contribution in [3.05, 3.63) is 6.92 Å². The molecule has 0 bridgehead atoms. The van der Waals surface area contributed by atoms with Gasteiger partial charge in [-0.15, -0.1) is 0 Å². The molecule has 4 heteroatoms. The molecule has 0 aromatic carbocycles. The SMILES string of the molecule is [CH2-]CCCCC(OCCCCCCCCCC)OCCCCCCCCCC.[Cl-].[Mg+2]. The Morgan fingerprint density at radius 1 is 0.533 bits per heavy atom. The Kier molecular flexibility index (Phi) is 38.1. The van der Waals surface area contributed by atoms with Gasteiger partial charge in [-0.1, -0.05) is 117 Å². The maximum Gasteiger partial charge on any atom is 2.00 e. The van der Waals surface area contributed by atoms with Crippen molar-refractivity contribution < 1.29 is 21.9 Å². The van der Waals surface area contributed by atoms with Gasteiger partial charge in [0, 0.05) is 13.2 Å². The van der Waals surface area contributed by atoms with E-state index in [4.69, 9.17) is 9.47 Å². The van der Waals surface area contributed by atoms with Gasteiger partial charge in [0.25, 0.3) is 0 Å². The Morgan fingerprint density at radius 2 is 0.900 bits per heavy atom. The maximum absolute atomic E-state index is 6.06. The van der Waals surface area contributed by atoms with Crippen LogP contribution in [0, 0.1) is 6.92 Å². The topological polar surface area (TPSA) is 18.5 Å². The molecule has 0 saturated heterocycles. The summed E-state index contributed by atoms with van der Waals surface area (Å²) in [4.78, 5) is 0. The fourth-order valence-corrected chi connectivity index (χ4v) is 3.60. The fraction of sp³-hybridized carbons (Fsp3) is 0.962. The van der Waals surface area contributed by atoms with Gasteiger partial charge in [0.15, 0.2) is 6.29 Å². The van der Waals surface area contributed by atoms with Crippen LogP contribution in [0.4, 0.5) is 0 Å². The summed E-state index contributed by atoms with van der Waals surface area (Å²) in [7, 11) is 0. The van der Waals surface area contributed by atoms with E-state index in [0.29, 0.717) is 0 Å². The molecule has 0 aliphatic heterocycles. The van der Waals surface area contributed by atoms with E-state index in [9.17, 15) is 0 Å². The standard InChI is InChI=1S/C26H53O2.ClH.Mg/c1-4-7-10-12-14-16-18-21-24-27-26(23-20-9-6-3)28-25-22-19-17-15-13-11-8-5-2;;/h26H,3-25H2,1-2H3;1H;/q-1;;+2/p-1. The molecule has 30 heavy (non-hydrogen) atoms. The second-order valence-electron chi connectivity index (χ2n) is 8.47. The van der Waals surface area contributed by atoms with E-state index >= 15 is 0 Å². The van der Waals surface area contributed by atoms with Crippen LogP contribution < -0.4 is 12.4 Å². The molecule has 0 spiro atoms. The summed E-state index contributed by atoms with van der Waals surface area (Å²) in [6.45, 7) is 10.2. The zero-order chi connectivity index (χ0) is 20.5. The molecule has 0 radical (unpaired) electrons. The average molecular weight is 457 g/mol. The first-order valence-electron chi connectivity index (χ1n) is 12.9. The van der Waals surface area contributed by atoms with E-state index in [1.807, 2.05) is 0 Å². The quantitative estimate of drug-likeness (QED) is 0.0808. The molecule has 178 valence electrons. The van der Waals surface area contributed by atoms with Gasteiger partial charge < -0.3 is 28.8 Å². The summed E-state index contributed by atoms with van der Waals surface area (Å²) in [6.07, 6.45) is 26.0. The van der Waals surface area contributed by atoms with Gasteiger partial charge in [-0.3, -0.25) is 0 Å². The second-order valence-corrected chi connectivity index (χ2v) is 8.47. The van der Waals surface area contributed by atoms with Crippen molar-refractivity contribution in [1.82, 2.24) is 0 Å². The molecule has 0 atom stereocenters. The number of rotatable bonds is 24. The van der Waals surface area contributed by atoms with E-state index in [1.165, 1.54) is 116 Å². The predicted molar refractivity (Wildman–Crippen MR) is 130 cm³/mol. The average Bonchev–Trinajstić information content (AvgIpc) is 2.71. The Balaban J connectivity index is -0.00000364. The molecule has 0 fully saturated rings. The molecule has 0 rings (SSSR count). The normalized spacial score (nSPS) is 10.8.